The molecular weight excluding hydrogens is 538 g/mol. The van der Waals surface area contributed by atoms with Crippen molar-refractivity contribution in [1.82, 2.24) is 4.90 Å². The number of carbonyl (C=O) groups excluding carboxylic acids is 1. The molecule has 0 bridgehead atoms. The van der Waals surface area contributed by atoms with Crippen LogP contribution in [0.1, 0.15) is 24.5 Å². The zero-order valence-corrected chi connectivity index (χ0v) is 22.4. The molecule has 3 rings (SSSR count). The average molecular weight is 570 g/mol. The minimum absolute atomic E-state index is 0.278. The van der Waals surface area contributed by atoms with Crippen LogP contribution in [0.25, 0.3) is 0 Å². The summed E-state index contributed by atoms with van der Waals surface area (Å²) in [4.78, 5) is 25.9. The van der Waals surface area contributed by atoms with E-state index in [-0.39, 0.29) is 13.0 Å². The number of hydrogen-bond donors (Lipinski definition) is 1. The summed E-state index contributed by atoms with van der Waals surface area (Å²) >= 11 is 3.38. The van der Waals surface area contributed by atoms with Gasteiger partial charge in [0.1, 0.15) is 18.1 Å². The maximum Gasteiger partial charge on any atom is 0.415 e. The van der Waals surface area contributed by atoms with E-state index in [0.29, 0.717) is 31.2 Å². The Kier molecular flexibility index (Phi) is 11.5. The van der Waals surface area contributed by atoms with Gasteiger partial charge >= 0.3 is 12.1 Å². The summed E-state index contributed by atoms with van der Waals surface area (Å²) in [5.41, 5.74) is 2.06. The van der Waals surface area contributed by atoms with Crippen LogP contribution >= 0.6 is 15.9 Å². The lowest BCUT2D eigenvalue weighted by Crippen LogP contribution is -2.37. The molecule has 1 amide bonds. The van der Waals surface area contributed by atoms with Crippen molar-refractivity contribution in [3.63, 3.8) is 0 Å². The molecule has 0 aromatic heterocycles. The van der Waals surface area contributed by atoms with E-state index in [2.05, 4.69) is 28.1 Å². The Morgan fingerprint density at radius 2 is 1.57 bits per heavy atom. The number of nitrogens with zero attached hydrogens (tertiary/aromatic N) is 1. The summed E-state index contributed by atoms with van der Waals surface area (Å²) in [7, 11) is 0. The van der Waals surface area contributed by atoms with Crippen molar-refractivity contribution < 1.29 is 28.9 Å². The van der Waals surface area contributed by atoms with Crippen molar-refractivity contribution in [3.8, 4) is 11.5 Å². The Bertz CT molecular complexity index is 1110. The maximum absolute atomic E-state index is 12.9. The van der Waals surface area contributed by atoms with Crippen molar-refractivity contribution in [1.29, 1.82) is 0 Å². The van der Waals surface area contributed by atoms with Crippen LogP contribution in [0.4, 0.5) is 4.79 Å². The molecule has 0 spiro atoms. The number of aliphatic carboxylic acids is 1. The molecule has 0 radical (unpaired) electrons. The van der Waals surface area contributed by atoms with E-state index in [1.807, 2.05) is 42.5 Å². The Labute approximate surface area is 226 Å². The second-order valence-corrected chi connectivity index (χ2v) is 9.29. The van der Waals surface area contributed by atoms with Gasteiger partial charge in [0.15, 0.2) is 6.10 Å². The lowest BCUT2D eigenvalue weighted by atomic mass is 10.1. The number of amides is 1. The van der Waals surface area contributed by atoms with Gasteiger partial charge in [-0.3, -0.25) is 0 Å². The predicted octanol–water partition coefficient (Wildman–Crippen LogP) is 5.99. The fraction of sp³-hybridized carbons (Fsp3) is 0.310. The first kappa shape index (κ1) is 28.2. The van der Waals surface area contributed by atoms with Crippen LogP contribution in [0.5, 0.6) is 11.5 Å². The van der Waals surface area contributed by atoms with Crippen molar-refractivity contribution in [2.45, 2.75) is 32.3 Å². The van der Waals surface area contributed by atoms with Crippen LogP contribution in [0.2, 0.25) is 0 Å². The highest BCUT2D eigenvalue weighted by Crippen LogP contribution is 2.18. The summed E-state index contributed by atoms with van der Waals surface area (Å²) in [5.74, 6) is 0.131. The number of hydrogen-bond acceptors (Lipinski definition) is 5. The molecule has 0 aliphatic carbocycles. The van der Waals surface area contributed by atoms with Crippen LogP contribution in [0.3, 0.4) is 0 Å². The summed E-state index contributed by atoms with van der Waals surface area (Å²) in [6, 6.07) is 24.5. The molecule has 0 aliphatic heterocycles. The number of aryl methyl sites for hydroxylation is 1. The number of carbonyl (C=O) groups is 2. The number of benzene rings is 3. The summed E-state index contributed by atoms with van der Waals surface area (Å²) < 4.78 is 17.6. The van der Waals surface area contributed by atoms with Gasteiger partial charge in [-0.25, -0.2) is 9.59 Å². The first-order valence-electron chi connectivity index (χ1n) is 12.3. The third kappa shape index (κ3) is 9.90. The smallest absolute Gasteiger partial charge is 0.415 e. The minimum Gasteiger partial charge on any atom is -0.492 e. The van der Waals surface area contributed by atoms with Gasteiger partial charge in [-0.05, 0) is 67.3 Å². The molecule has 1 unspecified atom stereocenters. The highest BCUT2D eigenvalue weighted by Gasteiger charge is 2.18. The Hall–Kier alpha value is -3.36. The van der Waals surface area contributed by atoms with E-state index in [1.165, 1.54) is 5.56 Å². The van der Waals surface area contributed by atoms with Crippen molar-refractivity contribution in [2.24, 2.45) is 0 Å². The molecule has 0 fully saturated rings. The number of rotatable bonds is 14. The maximum atomic E-state index is 12.9. The van der Waals surface area contributed by atoms with Crippen LogP contribution in [0.15, 0.2) is 83.3 Å². The molecule has 196 valence electrons. The summed E-state index contributed by atoms with van der Waals surface area (Å²) in [6.07, 6.45) is 0.617. The number of carboxylic acid groups (broad SMARTS) is 1. The SMILES string of the molecule is CCOC(Cc1ccc(OCCN(CCCc2ccccc2)C(=O)Oc2ccc(Br)cc2)cc1)C(=O)O. The van der Waals surface area contributed by atoms with Gasteiger partial charge in [0.2, 0.25) is 0 Å². The molecule has 0 aliphatic rings. The van der Waals surface area contributed by atoms with Crippen molar-refractivity contribution >= 4 is 28.0 Å². The molecular formula is C29H32BrNO6. The highest BCUT2D eigenvalue weighted by molar-refractivity contribution is 9.10. The average Bonchev–Trinajstić information content (AvgIpc) is 2.90. The van der Waals surface area contributed by atoms with Crippen molar-refractivity contribution in [2.75, 3.05) is 26.3 Å². The zero-order chi connectivity index (χ0) is 26.5. The zero-order valence-electron chi connectivity index (χ0n) is 20.8. The lowest BCUT2D eigenvalue weighted by Gasteiger charge is -2.22. The monoisotopic (exact) mass is 569 g/mol. The fourth-order valence-corrected chi connectivity index (χ4v) is 3.97. The van der Waals surface area contributed by atoms with Crippen molar-refractivity contribution in [3.05, 3.63) is 94.5 Å². The second kappa shape index (κ2) is 15.0. The van der Waals surface area contributed by atoms with Gasteiger partial charge in [0.05, 0.1) is 6.54 Å². The number of carboxylic acids is 1. The molecule has 8 heteroatoms. The first-order valence-corrected chi connectivity index (χ1v) is 13.1. The third-order valence-electron chi connectivity index (χ3n) is 5.63. The fourth-order valence-electron chi connectivity index (χ4n) is 3.71. The van der Waals surface area contributed by atoms with Gasteiger partial charge in [-0.15, -0.1) is 0 Å². The van der Waals surface area contributed by atoms with Gasteiger partial charge < -0.3 is 24.2 Å². The molecule has 3 aromatic carbocycles. The van der Waals surface area contributed by atoms with Crippen LogP contribution in [-0.4, -0.2) is 54.5 Å². The van der Waals surface area contributed by atoms with E-state index >= 15 is 0 Å². The predicted molar refractivity (Wildman–Crippen MR) is 145 cm³/mol. The molecule has 7 nitrogen and oxygen atoms in total. The molecule has 0 saturated heterocycles. The Morgan fingerprint density at radius 3 is 2.22 bits per heavy atom. The molecule has 1 N–H and O–H groups in total. The van der Waals surface area contributed by atoms with E-state index < -0.39 is 18.2 Å². The normalized spacial score (nSPS) is 11.5. The van der Waals surface area contributed by atoms with E-state index in [1.54, 1.807) is 36.1 Å². The van der Waals surface area contributed by atoms with Crippen LogP contribution in [-0.2, 0) is 22.4 Å². The molecule has 0 heterocycles. The first-order chi connectivity index (χ1) is 17.9. The quantitative estimate of drug-likeness (QED) is 0.256. The van der Waals surface area contributed by atoms with Gasteiger partial charge in [0.25, 0.3) is 0 Å². The Morgan fingerprint density at radius 1 is 0.892 bits per heavy atom. The van der Waals surface area contributed by atoms with E-state index in [4.69, 9.17) is 14.2 Å². The third-order valence-corrected chi connectivity index (χ3v) is 6.16. The summed E-state index contributed by atoms with van der Waals surface area (Å²) in [5, 5.41) is 9.27. The largest absolute Gasteiger partial charge is 0.492 e. The van der Waals surface area contributed by atoms with Gasteiger partial charge in [-0.1, -0.05) is 58.4 Å². The minimum atomic E-state index is -0.982. The number of halogens is 1. The van der Waals surface area contributed by atoms with E-state index in [0.717, 1.165) is 22.9 Å². The molecule has 3 aromatic rings. The molecule has 1 atom stereocenters. The highest BCUT2D eigenvalue weighted by atomic mass is 79.9. The topological polar surface area (TPSA) is 85.3 Å². The van der Waals surface area contributed by atoms with Crippen LogP contribution < -0.4 is 9.47 Å². The summed E-state index contributed by atoms with van der Waals surface area (Å²) in [6.45, 7) is 3.28. The lowest BCUT2D eigenvalue weighted by molar-refractivity contribution is -0.149. The molecule has 0 saturated carbocycles. The standard InChI is InChI=1S/C29H32BrNO6/c1-2-35-27(28(32)33)21-23-10-14-25(15-11-23)36-20-19-31(18-6-9-22-7-4-3-5-8-22)29(34)37-26-16-12-24(30)13-17-26/h3-5,7-8,10-17,27H,2,6,9,18-21H2,1H3,(H,32,33). The Balaban J connectivity index is 1.55. The second-order valence-electron chi connectivity index (χ2n) is 8.38. The molecule has 37 heavy (non-hydrogen) atoms. The van der Waals surface area contributed by atoms with Gasteiger partial charge in [-0.2, -0.15) is 0 Å². The van der Waals surface area contributed by atoms with E-state index in [9.17, 15) is 14.7 Å². The number of ether oxygens (including phenoxy) is 3. The van der Waals surface area contributed by atoms with Gasteiger partial charge in [0, 0.05) is 24.0 Å². The van der Waals surface area contributed by atoms with Crippen LogP contribution in [0, 0.1) is 0 Å².